The minimum absolute atomic E-state index is 0.183. The lowest BCUT2D eigenvalue weighted by molar-refractivity contribution is 0.0899. The molecule has 1 heterocycles. The van der Waals surface area contributed by atoms with Crippen LogP contribution in [-0.4, -0.2) is 34.9 Å². The molecule has 0 aliphatic carbocycles. The molecule has 0 aromatic carbocycles. The molecule has 1 aromatic rings. The zero-order valence-electron chi connectivity index (χ0n) is 10.9. The summed E-state index contributed by atoms with van der Waals surface area (Å²) in [6, 6.07) is 4.19. The highest BCUT2D eigenvalue weighted by molar-refractivity contribution is 5.96. The first-order chi connectivity index (χ1) is 7.43. The average molecular weight is 222 g/mol. The van der Waals surface area contributed by atoms with E-state index in [2.05, 4.69) is 25.7 Å². The number of aromatic nitrogens is 1. The number of Topliss-reactive ketones (excluding diaryl/α,β-unsaturated/α-hetero) is 1. The molecule has 3 heteroatoms. The molecule has 1 aromatic heterocycles. The van der Waals surface area contributed by atoms with Gasteiger partial charge in [-0.3, -0.25) is 9.69 Å². The number of aryl methyl sites for hydroxylation is 1. The summed E-state index contributed by atoms with van der Waals surface area (Å²) in [6.45, 7) is 6.99. The number of hydrogen-bond donors (Lipinski definition) is 0. The van der Waals surface area contributed by atoms with E-state index in [0.29, 0.717) is 18.5 Å². The zero-order valence-corrected chi connectivity index (χ0v) is 10.9. The van der Waals surface area contributed by atoms with Crippen LogP contribution < -0.4 is 0 Å². The van der Waals surface area contributed by atoms with E-state index in [4.69, 9.17) is 0 Å². The van der Waals surface area contributed by atoms with E-state index in [1.807, 2.05) is 37.0 Å². The van der Waals surface area contributed by atoms with Gasteiger partial charge < -0.3 is 4.57 Å². The largest absolute Gasteiger partial charge is 0.348 e. The van der Waals surface area contributed by atoms with Gasteiger partial charge in [-0.1, -0.05) is 13.8 Å². The van der Waals surface area contributed by atoms with Crippen molar-refractivity contribution in [3.8, 4) is 0 Å². The highest BCUT2D eigenvalue weighted by atomic mass is 16.1. The van der Waals surface area contributed by atoms with Crippen LogP contribution in [0, 0.1) is 5.92 Å². The van der Waals surface area contributed by atoms with Crippen LogP contribution in [0.4, 0.5) is 0 Å². The fourth-order valence-electron chi connectivity index (χ4n) is 1.71. The van der Waals surface area contributed by atoms with Gasteiger partial charge in [0.1, 0.15) is 0 Å². The average Bonchev–Trinajstić information content (AvgIpc) is 2.62. The molecule has 1 rings (SSSR count). The van der Waals surface area contributed by atoms with Gasteiger partial charge in [0.25, 0.3) is 0 Å². The van der Waals surface area contributed by atoms with Crippen molar-refractivity contribution in [2.75, 3.05) is 13.6 Å². The van der Waals surface area contributed by atoms with Gasteiger partial charge in [-0.05, 0) is 32.0 Å². The smallest absolute Gasteiger partial charge is 0.193 e. The summed E-state index contributed by atoms with van der Waals surface area (Å²) in [5.74, 6) is 0.744. The van der Waals surface area contributed by atoms with Gasteiger partial charge in [-0.25, -0.2) is 0 Å². The molecule has 90 valence electrons. The van der Waals surface area contributed by atoms with Crippen LogP contribution >= 0.6 is 0 Å². The Kier molecular flexibility index (Phi) is 4.30. The Morgan fingerprint density at radius 1 is 1.44 bits per heavy atom. The number of nitrogens with zero attached hydrogens (tertiary/aromatic N) is 2. The summed E-state index contributed by atoms with van der Waals surface area (Å²) < 4.78 is 1.87. The molecular formula is C13H22N2O. The van der Waals surface area contributed by atoms with Crippen LogP contribution in [0.2, 0.25) is 0 Å². The van der Waals surface area contributed by atoms with Crippen LogP contribution in [0.3, 0.4) is 0 Å². The fraction of sp³-hybridized carbons (Fsp3) is 0.615. The molecular weight excluding hydrogens is 200 g/mol. The van der Waals surface area contributed by atoms with Gasteiger partial charge in [0.05, 0.1) is 12.2 Å². The van der Waals surface area contributed by atoms with Crippen molar-refractivity contribution < 1.29 is 4.79 Å². The number of hydrogen-bond acceptors (Lipinski definition) is 2. The number of carbonyl (C=O) groups is 1. The maximum Gasteiger partial charge on any atom is 0.193 e. The van der Waals surface area contributed by atoms with Gasteiger partial charge in [-0.15, -0.1) is 0 Å². The van der Waals surface area contributed by atoms with Crippen molar-refractivity contribution in [1.29, 1.82) is 0 Å². The van der Waals surface area contributed by atoms with Gasteiger partial charge in [-0.2, -0.15) is 0 Å². The SMILES string of the molecule is CC(C)C(C)N(C)CC(=O)c1cccn1C. The Morgan fingerprint density at radius 3 is 2.50 bits per heavy atom. The number of carbonyl (C=O) groups excluding carboxylic acids is 1. The molecule has 16 heavy (non-hydrogen) atoms. The highest BCUT2D eigenvalue weighted by Crippen LogP contribution is 2.09. The summed E-state index contributed by atoms with van der Waals surface area (Å²) in [6.07, 6.45) is 1.90. The summed E-state index contributed by atoms with van der Waals surface area (Å²) in [7, 11) is 3.91. The van der Waals surface area contributed by atoms with Crippen molar-refractivity contribution in [3.63, 3.8) is 0 Å². The first-order valence-corrected chi connectivity index (χ1v) is 5.78. The first kappa shape index (κ1) is 13.0. The lowest BCUT2D eigenvalue weighted by Crippen LogP contribution is -2.37. The van der Waals surface area contributed by atoms with E-state index in [9.17, 15) is 4.79 Å². The summed E-state index contributed by atoms with van der Waals surface area (Å²) in [4.78, 5) is 14.1. The Hall–Kier alpha value is -1.09. The predicted molar refractivity (Wildman–Crippen MR) is 66.7 cm³/mol. The monoisotopic (exact) mass is 222 g/mol. The molecule has 0 aliphatic rings. The minimum atomic E-state index is 0.183. The Bertz CT molecular complexity index is 355. The molecule has 0 amide bonds. The summed E-state index contributed by atoms with van der Waals surface area (Å²) in [5, 5.41) is 0. The second-order valence-corrected chi connectivity index (χ2v) is 4.83. The van der Waals surface area contributed by atoms with Crippen LogP contribution in [0.1, 0.15) is 31.3 Å². The fourth-order valence-corrected chi connectivity index (χ4v) is 1.71. The second kappa shape index (κ2) is 5.30. The maximum atomic E-state index is 12.0. The lowest BCUT2D eigenvalue weighted by Gasteiger charge is -2.27. The Morgan fingerprint density at radius 2 is 2.06 bits per heavy atom. The number of likely N-dealkylation sites (N-methyl/N-ethyl adjacent to an activating group) is 1. The molecule has 0 spiro atoms. The molecule has 0 saturated carbocycles. The molecule has 3 nitrogen and oxygen atoms in total. The molecule has 0 radical (unpaired) electrons. The van der Waals surface area contributed by atoms with Gasteiger partial charge in [0.2, 0.25) is 0 Å². The molecule has 0 fully saturated rings. The van der Waals surface area contributed by atoms with Crippen LogP contribution in [0.5, 0.6) is 0 Å². The van der Waals surface area contributed by atoms with Crippen molar-refractivity contribution >= 4 is 5.78 Å². The van der Waals surface area contributed by atoms with E-state index in [0.717, 1.165) is 5.69 Å². The quantitative estimate of drug-likeness (QED) is 0.713. The Balaban J connectivity index is 2.62. The maximum absolute atomic E-state index is 12.0. The summed E-state index contributed by atoms with van der Waals surface area (Å²) >= 11 is 0. The lowest BCUT2D eigenvalue weighted by atomic mass is 10.0. The molecule has 0 aliphatic heterocycles. The Labute approximate surface area is 98.1 Å². The van der Waals surface area contributed by atoms with E-state index >= 15 is 0 Å². The van der Waals surface area contributed by atoms with E-state index in [1.165, 1.54) is 0 Å². The molecule has 0 saturated heterocycles. The van der Waals surface area contributed by atoms with E-state index in [1.54, 1.807) is 0 Å². The summed E-state index contributed by atoms with van der Waals surface area (Å²) in [5.41, 5.74) is 0.780. The predicted octanol–water partition coefficient (Wildman–Crippen LogP) is 2.18. The molecule has 1 unspecified atom stereocenters. The third-order valence-corrected chi connectivity index (χ3v) is 3.28. The normalized spacial score (nSPS) is 13.4. The highest BCUT2D eigenvalue weighted by Gasteiger charge is 2.17. The van der Waals surface area contributed by atoms with Crippen molar-refractivity contribution in [2.24, 2.45) is 13.0 Å². The second-order valence-electron chi connectivity index (χ2n) is 4.83. The van der Waals surface area contributed by atoms with E-state index in [-0.39, 0.29) is 5.78 Å². The third kappa shape index (κ3) is 2.95. The molecule has 1 atom stereocenters. The number of rotatable bonds is 5. The zero-order chi connectivity index (χ0) is 12.3. The van der Waals surface area contributed by atoms with Gasteiger partial charge in [0.15, 0.2) is 5.78 Å². The first-order valence-electron chi connectivity index (χ1n) is 5.78. The van der Waals surface area contributed by atoms with Crippen molar-refractivity contribution in [1.82, 2.24) is 9.47 Å². The van der Waals surface area contributed by atoms with Crippen LogP contribution in [-0.2, 0) is 7.05 Å². The van der Waals surface area contributed by atoms with Gasteiger partial charge >= 0.3 is 0 Å². The third-order valence-electron chi connectivity index (χ3n) is 3.28. The van der Waals surface area contributed by atoms with E-state index < -0.39 is 0 Å². The standard InChI is InChI=1S/C13H22N2O/c1-10(2)11(3)15(5)9-13(16)12-7-6-8-14(12)4/h6-8,10-11H,9H2,1-5H3. The van der Waals surface area contributed by atoms with Crippen molar-refractivity contribution in [2.45, 2.75) is 26.8 Å². The van der Waals surface area contributed by atoms with Gasteiger partial charge in [0, 0.05) is 19.3 Å². The number of ketones is 1. The minimum Gasteiger partial charge on any atom is -0.348 e. The van der Waals surface area contributed by atoms with Crippen molar-refractivity contribution in [3.05, 3.63) is 24.0 Å². The molecule has 0 N–H and O–H groups in total. The van der Waals surface area contributed by atoms with Crippen LogP contribution in [0.25, 0.3) is 0 Å². The van der Waals surface area contributed by atoms with Crippen LogP contribution in [0.15, 0.2) is 18.3 Å². The molecule has 0 bridgehead atoms. The topological polar surface area (TPSA) is 25.2 Å².